The summed E-state index contributed by atoms with van der Waals surface area (Å²) in [6.45, 7) is 2.76. The number of benzene rings is 3. The lowest BCUT2D eigenvalue weighted by molar-refractivity contribution is 0.0172. The lowest BCUT2D eigenvalue weighted by atomic mass is 10.0. The zero-order valence-electron chi connectivity index (χ0n) is 15.9. The maximum Gasteiger partial charge on any atom is 0.241 e. The summed E-state index contributed by atoms with van der Waals surface area (Å²) in [5, 5.41) is 1.56. The third kappa shape index (κ3) is 4.48. The molecule has 0 aliphatic carbocycles. The first-order valence-corrected chi connectivity index (χ1v) is 11.1. The maximum absolute atomic E-state index is 13.4. The van der Waals surface area contributed by atoms with E-state index in [0.717, 1.165) is 10.9 Å². The van der Waals surface area contributed by atoms with Gasteiger partial charge in [-0.3, -0.25) is 4.90 Å². The fourth-order valence-electron chi connectivity index (χ4n) is 3.73. The summed E-state index contributed by atoms with van der Waals surface area (Å²) < 4.78 is 47.8. The van der Waals surface area contributed by atoms with Crippen molar-refractivity contribution in [3.05, 3.63) is 78.1 Å². The second-order valence-corrected chi connectivity index (χ2v) is 8.78. The van der Waals surface area contributed by atoms with Gasteiger partial charge in [-0.15, -0.1) is 0 Å². The molecule has 0 bridgehead atoms. The van der Waals surface area contributed by atoms with Crippen LogP contribution in [0.25, 0.3) is 10.8 Å². The van der Waals surface area contributed by atoms with Crippen LogP contribution in [0.5, 0.6) is 0 Å². The molecular formula is C22H23FN2O3S. The molecule has 1 N–H and O–H groups in total. The average Bonchev–Trinajstić information content (AvgIpc) is 2.75. The molecule has 4 rings (SSSR count). The zero-order chi connectivity index (χ0) is 20.3. The molecule has 0 aromatic heterocycles. The molecule has 1 heterocycles. The van der Waals surface area contributed by atoms with Gasteiger partial charge in [-0.1, -0.05) is 48.5 Å². The fraction of sp³-hybridized carbons (Fsp3) is 0.273. The van der Waals surface area contributed by atoms with E-state index in [9.17, 15) is 12.8 Å². The molecule has 3 aromatic rings. The molecule has 152 valence electrons. The van der Waals surface area contributed by atoms with Crippen LogP contribution in [-0.4, -0.2) is 46.2 Å². The molecule has 7 heteroatoms. The molecule has 5 nitrogen and oxygen atoms in total. The van der Waals surface area contributed by atoms with Crippen LogP contribution in [0.15, 0.2) is 71.6 Å². The number of morpholine rings is 1. The van der Waals surface area contributed by atoms with Crippen molar-refractivity contribution in [2.45, 2.75) is 10.9 Å². The quantitative estimate of drug-likeness (QED) is 0.672. The van der Waals surface area contributed by atoms with E-state index in [0.29, 0.717) is 31.7 Å². The Morgan fingerprint density at radius 1 is 0.966 bits per heavy atom. The van der Waals surface area contributed by atoms with Crippen molar-refractivity contribution in [3.63, 3.8) is 0 Å². The van der Waals surface area contributed by atoms with Gasteiger partial charge in [0.05, 0.1) is 18.1 Å². The van der Waals surface area contributed by atoms with Crippen molar-refractivity contribution in [1.82, 2.24) is 9.62 Å². The number of hydrogen-bond donors (Lipinski definition) is 1. The Bertz CT molecular complexity index is 1080. The van der Waals surface area contributed by atoms with E-state index in [2.05, 4.69) is 9.62 Å². The minimum atomic E-state index is -3.72. The molecule has 3 aromatic carbocycles. The molecule has 1 unspecified atom stereocenters. The molecular weight excluding hydrogens is 391 g/mol. The predicted octanol–water partition coefficient (Wildman–Crippen LogP) is 3.33. The molecule has 1 saturated heterocycles. The lowest BCUT2D eigenvalue weighted by Gasteiger charge is -2.35. The number of nitrogens with zero attached hydrogens (tertiary/aromatic N) is 1. The van der Waals surface area contributed by atoms with Crippen molar-refractivity contribution < 1.29 is 17.5 Å². The number of nitrogens with one attached hydrogen (secondary N) is 1. The molecule has 0 saturated carbocycles. The molecule has 0 spiro atoms. The van der Waals surface area contributed by atoms with E-state index in [1.807, 2.05) is 30.3 Å². The Balaban J connectivity index is 1.61. The van der Waals surface area contributed by atoms with E-state index in [1.165, 1.54) is 12.1 Å². The van der Waals surface area contributed by atoms with Crippen molar-refractivity contribution in [1.29, 1.82) is 0 Å². The highest BCUT2D eigenvalue weighted by Gasteiger charge is 2.25. The first-order valence-electron chi connectivity index (χ1n) is 9.59. The van der Waals surface area contributed by atoms with E-state index in [1.54, 1.807) is 24.3 Å². The maximum atomic E-state index is 13.4. The Labute approximate surface area is 170 Å². The highest BCUT2D eigenvalue weighted by molar-refractivity contribution is 7.89. The molecule has 0 amide bonds. The van der Waals surface area contributed by atoms with E-state index < -0.39 is 10.0 Å². The van der Waals surface area contributed by atoms with Crippen LogP contribution in [0, 0.1) is 5.82 Å². The van der Waals surface area contributed by atoms with Crippen LogP contribution in [0.3, 0.4) is 0 Å². The second-order valence-electron chi connectivity index (χ2n) is 7.04. The number of fused-ring (bicyclic) bond motifs is 1. The first-order chi connectivity index (χ1) is 14.0. The van der Waals surface area contributed by atoms with Gasteiger partial charge in [-0.05, 0) is 29.1 Å². The number of rotatable bonds is 6. The van der Waals surface area contributed by atoms with Crippen LogP contribution in [0.1, 0.15) is 11.6 Å². The van der Waals surface area contributed by atoms with Gasteiger partial charge in [-0.25, -0.2) is 17.5 Å². The van der Waals surface area contributed by atoms with Crippen LogP contribution in [-0.2, 0) is 14.8 Å². The van der Waals surface area contributed by atoms with E-state index in [4.69, 9.17) is 4.74 Å². The van der Waals surface area contributed by atoms with Crippen molar-refractivity contribution in [3.8, 4) is 0 Å². The zero-order valence-corrected chi connectivity index (χ0v) is 16.7. The smallest absolute Gasteiger partial charge is 0.241 e. The van der Waals surface area contributed by atoms with Crippen molar-refractivity contribution in [2.75, 3.05) is 32.8 Å². The van der Waals surface area contributed by atoms with Crippen LogP contribution in [0.2, 0.25) is 0 Å². The number of hydrogen-bond acceptors (Lipinski definition) is 4. The lowest BCUT2D eigenvalue weighted by Crippen LogP contribution is -2.43. The highest BCUT2D eigenvalue weighted by Crippen LogP contribution is 2.25. The SMILES string of the molecule is O=S(=O)(NCC(c1ccc(F)cc1)N1CCOCC1)c1cccc2ccccc12. The Morgan fingerprint density at radius 3 is 2.41 bits per heavy atom. The standard InChI is InChI=1S/C22H23FN2O3S/c23-19-10-8-18(9-11-19)21(25-12-14-28-15-13-25)16-24-29(26,27)22-7-3-5-17-4-1-2-6-20(17)22/h1-11,21,24H,12-16H2. The molecule has 1 atom stereocenters. The summed E-state index contributed by atoms with van der Waals surface area (Å²) in [4.78, 5) is 2.43. The normalized spacial score (nSPS) is 16.7. The van der Waals surface area contributed by atoms with E-state index in [-0.39, 0.29) is 23.3 Å². The first kappa shape index (κ1) is 20.0. The topological polar surface area (TPSA) is 58.6 Å². The summed E-state index contributed by atoms with van der Waals surface area (Å²) in [5.74, 6) is -0.314. The Morgan fingerprint density at radius 2 is 1.66 bits per heavy atom. The van der Waals surface area contributed by atoms with Crippen molar-refractivity contribution >= 4 is 20.8 Å². The van der Waals surface area contributed by atoms with Gasteiger partial charge >= 0.3 is 0 Å². The van der Waals surface area contributed by atoms with Crippen LogP contribution in [0.4, 0.5) is 4.39 Å². The second kappa shape index (κ2) is 8.59. The fourth-order valence-corrected chi connectivity index (χ4v) is 4.99. The van der Waals surface area contributed by atoms with Gasteiger partial charge in [0, 0.05) is 31.1 Å². The number of ether oxygens (including phenoxy) is 1. The van der Waals surface area contributed by atoms with Gasteiger partial charge < -0.3 is 4.74 Å². The largest absolute Gasteiger partial charge is 0.379 e. The Kier molecular flexibility index (Phi) is 5.91. The molecule has 1 aliphatic heterocycles. The van der Waals surface area contributed by atoms with Gasteiger partial charge in [0.25, 0.3) is 0 Å². The monoisotopic (exact) mass is 414 g/mol. The minimum absolute atomic E-state index is 0.192. The Hall–Kier alpha value is -2.32. The molecule has 1 aliphatic rings. The van der Waals surface area contributed by atoms with Gasteiger partial charge in [0.1, 0.15) is 5.82 Å². The van der Waals surface area contributed by atoms with E-state index >= 15 is 0 Å². The average molecular weight is 415 g/mol. The summed E-state index contributed by atoms with van der Waals surface area (Å²) in [5.41, 5.74) is 0.869. The van der Waals surface area contributed by atoms with Crippen LogP contribution < -0.4 is 4.72 Å². The summed E-state index contributed by atoms with van der Waals surface area (Å²) in [7, 11) is -3.72. The predicted molar refractivity (Wildman–Crippen MR) is 111 cm³/mol. The van der Waals surface area contributed by atoms with Gasteiger partial charge in [0.15, 0.2) is 0 Å². The third-order valence-electron chi connectivity index (χ3n) is 5.25. The number of halogens is 1. The van der Waals surface area contributed by atoms with Crippen LogP contribution >= 0.6 is 0 Å². The molecule has 29 heavy (non-hydrogen) atoms. The molecule has 1 fully saturated rings. The van der Waals surface area contributed by atoms with Gasteiger partial charge in [-0.2, -0.15) is 0 Å². The summed E-state index contributed by atoms with van der Waals surface area (Å²) in [6, 6.07) is 18.7. The third-order valence-corrected chi connectivity index (χ3v) is 6.73. The summed E-state index contributed by atoms with van der Waals surface area (Å²) in [6.07, 6.45) is 0. The minimum Gasteiger partial charge on any atom is -0.379 e. The molecule has 0 radical (unpaired) electrons. The number of sulfonamides is 1. The van der Waals surface area contributed by atoms with Crippen molar-refractivity contribution in [2.24, 2.45) is 0 Å². The highest BCUT2D eigenvalue weighted by atomic mass is 32.2. The van der Waals surface area contributed by atoms with Gasteiger partial charge in [0.2, 0.25) is 10.0 Å². The summed E-state index contributed by atoms with van der Waals surface area (Å²) >= 11 is 0.